The van der Waals surface area contributed by atoms with Crippen LogP contribution in [0.5, 0.6) is 0 Å². The van der Waals surface area contributed by atoms with E-state index in [0.29, 0.717) is 23.7 Å². The van der Waals surface area contributed by atoms with Crippen LogP contribution in [-0.2, 0) is 19.1 Å². The van der Waals surface area contributed by atoms with Crippen molar-refractivity contribution in [3.8, 4) is 23.2 Å². The van der Waals surface area contributed by atoms with Crippen molar-refractivity contribution in [1.82, 2.24) is 29.5 Å². The summed E-state index contributed by atoms with van der Waals surface area (Å²) in [7, 11) is 1.87. The average Bonchev–Trinajstić information content (AvgIpc) is 3.48. The molecular formula is C26H23N7O3. The molecule has 0 fully saturated rings. The number of hydrogen-bond donors (Lipinski definition) is 2. The monoisotopic (exact) mass is 481 g/mol. The van der Waals surface area contributed by atoms with E-state index in [-0.39, 0.29) is 17.6 Å². The van der Waals surface area contributed by atoms with Crippen LogP contribution in [0.2, 0.25) is 0 Å². The average molecular weight is 482 g/mol. The van der Waals surface area contributed by atoms with Gasteiger partial charge in [-0.1, -0.05) is 29.1 Å². The molecule has 3 aromatic heterocycles. The van der Waals surface area contributed by atoms with Gasteiger partial charge in [-0.25, -0.2) is 4.98 Å². The number of benzene rings is 1. The molecule has 1 unspecified atom stereocenters. The van der Waals surface area contributed by atoms with E-state index in [4.69, 9.17) is 15.2 Å². The maximum absolute atomic E-state index is 12.4. The van der Waals surface area contributed by atoms with Gasteiger partial charge in [0.25, 0.3) is 5.91 Å². The SMILES string of the molecule is Cc1nc([C@](C)(O)C#Cc2ccc3c(c2)-c2nc(C(N)=O)c(Cc4ccnn4C)n2C2C=C3C2)no1. The highest BCUT2D eigenvalue weighted by Gasteiger charge is 2.35. The zero-order valence-electron chi connectivity index (χ0n) is 20.0. The van der Waals surface area contributed by atoms with Gasteiger partial charge >= 0.3 is 0 Å². The van der Waals surface area contributed by atoms with Gasteiger partial charge in [-0.15, -0.1) is 0 Å². The molecule has 5 heterocycles. The number of rotatable bonds is 4. The van der Waals surface area contributed by atoms with E-state index in [9.17, 15) is 9.90 Å². The third-order valence-corrected chi connectivity index (χ3v) is 6.69. The summed E-state index contributed by atoms with van der Waals surface area (Å²) in [5.41, 5.74) is 9.97. The second-order valence-corrected chi connectivity index (χ2v) is 9.27. The highest BCUT2D eigenvalue weighted by molar-refractivity contribution is 5.94. The zero-order valence-corrected chi connectivity index (χ0v) is 20.0. The molecule has 7 rings (SSSR count). The van der Waals surface area contributed by atoms with Gasteiger partial charge in [0.1, 0.15) is 11.5 Å². The third kappa shape index (κ3) is 3.44. The Morgan fingerprint density at radius 1 is 1.31 bits per heavy atom. The second kappa shape index (κ2) is 7.76. The minimum absolute atomic E-state index is 0.0861. The number of aliphatic hydroxyl groups is 1. The zero-order chi connectivity index (χ0) is 25.2. The molecule has 10 heteroatoms. The fourth-order valence-corrected chi connectivity index (χ4v) is 4.75. The molecule has 1 amide bonds. The van der Waals surface area contributed by atoms with Crippen molar-refractivity contribution in [1.29, 1.82) is 0 Å². The molecule has 180 valence electrons. The van der Waals surface area contributed by atoms with Crippen LogP contribution in [0.1, 0.15) is 64.1 Å². The van der Waals surface area contributed by atoms with Gasteiger partial charge < -0.3 is 19.9 Å². The van der Waals surface area contributed by atoms with E-state index < -0.39 is 11.5 Å². The summed E-state index contributed by atoms with van der Waals surface area (Å²) in [4.78, 5) is 21.2. The molecule has 36 heavy (non-hydrogen) atoms. The van der Waals surface area contributed by atoms with Crippen molar-refractivity contribution < 1.29 is 14.4 Å². The minimum atomic E-state index is -1.58. The number of hydrogen-bond acceptors (Lipinski definition) is 7. The number of aryl methyl sites for hydroxylation is 2. The van der Waals surface area contributed by atoms with Gasteiger partial charge in [0.05, 0.1) is 11.7 Å². The van der Waals surface area contributed by atoms with Gasteiger partial charge in [-0.05, 0) is 42.7 Å². The predicted molar refractivity (Wildman–Crippen MR) is 129 cm³/mol. The van der Waals surface area contributed by atoms with Crippen LogP contribution in [0, 0.1) is 18.8 Å². The summed E-state index contributed by atoms with van der Waals surface area (Å²) in [6.07, 6.45) is 5.24. The van der Waals surface area contributed by atoms with E-state index in [1.54, 1.807) is 17.8 Å². The Balaban J connectivity index is 1.46. The standard InChI is InChI=1S/C26H23N7O3/c1-14-29-25(31-36-14)26(2,35)8-6-15-4-5-19-16-11-18(12-16)33-21(13-17-7-9-28-32(17)3)22(23(27)34)30-24(33)20(19)10-15/h4-5,7,9-11,18,35H,12-13H2,1-3H3,(H2,27,34)/t18?,26-/m1/s1. The van der Waals surface area contributed by atoms with Crippen molar-refractivity contribution in [2.45, 2.75) is 38.3 Å². The number of primary amides is 1. The lowest BCUT2D eigenvalue weighted by molar-refractivity contribution is 0.0994. The molecule has 3 aliphatic rings. The largest absolute Gasteiger partial charge is 0.371 e. The van der Waals surface area contributed by atoms with Crippen LogP contribution in [0.25, 0.3) is 17.0 Å². The first kappa shape index (κ1) is 22.0. The number of aromatic nitrogens is 6. The molecule has 1 aromatic carbocycles. The molecule has 4 aromatic rings. The lowest BCUT2D eigenvalue weighted by Gasteiger charge is -2.26. The van der Waals surface area contributed by atoms with Crippen molar-refractivity contribution in [2.75, 3.05) is 0 Å². The Morgan fingerprint density at radius 3 is 2.78 bits per heavy atom. The Kier molecular flexibility index (Phi) is 4.74. The van der Waals surface area contributed by atoms with E-state index in [1.165, 1.54) is 12.5 Å². The number of carbonyl (C=O) groups excluding carboxylic acids is 1. The summed E-state index contributed by atoms with van der Waals surface area (Å²) in [6, 6.07) is 7.84. The quantitative estimate of drug-likeness (QED) is 0.427. The molecule has 0 spiro atoms. The first-order valence-electron chi connectivity index (χ1n) is 11.5. The maximum atomic E-state index is 12.4. The topological polar surface area (TPSA) is 138 Å². The highest BCUT2D eigenvalue weighted by Crippen LogP contribution is 2.48. The summed E-state index contributed by atoms with van der Waals surface area (Å²) >= 11 is 0. The van der Waals surface area contributed by atoms with Crippen LogP contribution in [-0.4, -0.2) is 40.5 Å². The Labute approximate surface area is 206 Å². The highest BCUT2D eigenvalue weighted by atomic mass is 16.5. The van der Waals surface area contributed by atoms with Crippen molar-refractivity contribution >= 4 is 11.5 Å². The Morgan fingerprint density at radius 2 is 2.11 bits per heavy atom. The molecule has 1 aliphatic carbocycles. The van der Waals surface area contributed by atoms with Crippen LogP contribution in [0.4, 0.5) is 0 Å². The van der Waals surface area contributed by atoms with Crippen LogP contribution < -0.4 is 5.73 Å². The fraction of sp³-hybridized carbons (Fsp3) is 0.269. The van der Waals surface area contributed by atoms with E-state index in [1.807, 2.05) is 31.3 Å². The fourth-order valence-electron chi connectivity index (χ4n) is 4.75. The van der Waals surface area contributed by atoms with Crippen LogP contribution in [0.3, 0.4) is 0 Å². The molecule has 10 nitrogen and oxygen atoms in total. The molecule has 0 saturated carbocycles. The van der Waals surface area contributed by atoms with Gasteiger partial charge in [0.2, 0.25) is 11.7 Å². The normalized spacial score (nSPS) is 17.0. The number of amides is 1. The van der Waals surface area contributed by atoms with E-state index in [2.05, 4.69) is 37.7 Å². The number of carbonyl (C=O) groups is 1. The van der Waals surface area contributed by atoms with Crippen LogP contribution in [0.15, 0.2) is 41.1 Å². The molecular weight excluding hydrogens is 458 g/mol. The molecule has 2 aliphatic heterocycles. The molecule has 0 saturated heterocycles. The lowest BCUT2D eigenvalue weighted by Crippen LogP contribution is -2.20. The number of nitrogens with two attached hydrogens (primary N) is 1. The predicted octanol–water partition coefficient (Wildman–Crippen LogP) is 2.27. The smallest absolute Gasteiger partial charge is 0.269 e. The van der Waals surface area contributed by atoms with Crippen molar-refractivity contribution in [2.24, 2.45) is 12.8 Å². The molecule has 3 N–H and O–H groups in total. The van der Waals surface area contributed by atoms with Gasteiger partial charge in [0.15, 0.2) is 5.60 Å². The van der Waals surface area contributed by atoms with Crippen molar-refractivity contribution in [3.63, 3.8) is 0 Å². The van der Waals surface area contributed by atoms with E-state index in [0.717, 1.165) is 28.9 Å². The number of allylic oxidation sites excluding steroid dienone is 2. The summed E-state index contributed by atoms with van der Waals surface area (Å²) in [5, 5.41) is 18.8. The third-order valence-electron chi connectivity index (χ3n) is 6.69. The maximum Gasteiger partial charge on any atom is 0.269 e. The second-order valence-electron chi connectivity index (χ2n) is 9.27. The summed E-state index contributed by atoms with van der Waals surface area (Å²) < 4.78 is 8.86. The number of nitrogens with zero attached hydrogens (tertiary/aromatic N) is 6. The Bertz CT molecular complexity index is 1640. The molecule has 2 atom stereocenters. The number of imidazole rings is 1. The van der Waals surface area contributed by atoms with Gasteiger partial charge in [0, 0.05) is 43.4 Å². The summed E-state index contributed by atoms with van der Waals surface area (Å²) in [5.74, 6) is 6.43. The lowest BCUT2D eigenvalue weighted by atomic mass is 9.86. The molecule has 0 radical (unpaired) electrons. The van der Waals surface area contributed by atoms with Gasteiger partial charge in [-0.3, -0.25) is 9.48 Å². The van der Waals surface area contributed by atoms with Crippen LogP contribution >= 0.6 is 0 Å². The minimum Gasteiger partial charge on any atom is -0.371 e. The van der Waals surface area contributed by atoms with E-state index >= 15 is 0 Å². The first-order valence-corrected chi connectivity index (χ1v) is 11.5. The Hall–Kier alpha value is -4.49. The molecule has 2 bridgehead atoms. The summed E-state index contributed by atoms with van der Waals surface area (Å²) in [6.45, 7) is 3.17. The van der Waals surface area contributed by atoms with Crippen molar-refractivity contribution in [3.05, 3.63) is 76.5 Å². The van der Waals surface area contributed by atoms with Gasteiger partial charge in [-0.2, -0.15) is 10.1 Å². The first-order chi connectivity index (χ1) is 17.2.